The van der Waals surface area contributed by atoms with Crippen molar-refractivity contribution in [2.45, 2.75) is 419 Å². The molecule has 0 aromatic rings. The zero-order valence-electron chi connectivity index (χ0n) is 61.8. The van der Waals surface area contributed by atoms with Crippen LogP contribution in [0.1, 0.15) is 401 Å². The molecule has 95 heavy (non-hydrogen) atoms. The molecule has 3 unspecified atom stereocenters. The van der Waals surface area contributed by atoms with Crippen LogP contribution < -0.4 is 0 Å². The summed E-state index contributed by atoms with van der Waals surface area (Å²) in [6, 6.07) is 0. The monoisotopic (exact) mass is 1400 g/mol. The largest absolute Gasteiger partial charge is 0.472 e. The highest BCUT2D eigenvalue weighted by Gasteiger charge is 2.30. The van der Waals surface area contributed by atoms with Gasteiger partial charge in [-0.15, -0.1) is 0 Å². The van der Waals surface area contributed by atoms with E-state index in [1.54, 1.807) is 0 Å². The maximum absolute atomic E-state index is 13.1. The summed E-state index contributed by atoms with van der Waals surface area (Å²) in [4.78, 5) is 72.5. The number of carbonyl (C=O) groups is 4. The average Bonchev–Trinajstić information content (AvgIpc) is 1.59. The number of ether oxygens (including phenoxy) is 4. The van der Waals surface area contributed by atoms with Gasteiger partial charge in [0.15, 0.2) is 12.2 Å². The van der Waals surface area contributed by atoms with Crippen LogP contribution in [0, 0.1) is 5.92 Å². The van der Waals surface area contributed by atoms with Crippen LogP contribution in [0.2, 0.25) is 0 Å². The number of esters is 4. The van der Waals surface area contributed by atoms with E-state index in [-0.39, 0.29) is 25.7 Å². The Morgan fingerprint density at radius 2 is 0.505 bits per heavy atom. The lowest BCUT2D eigenvalue weighted by Crippen LogP contribution is -2.30. The molecule has 0 fully saturated rings. The normalized spacial score (nSPS) is 14.2. The van der Waals surface area contributed by atoms with Gasteiger partial charge < -0.3 is 33.8 Å². The molecule has 6 atom stereocenters. The molecule has 0 saturated heterocycles. The van der Waals surface area contributed by atoms with Crippen molar-refractivity contribution >= 4 is 39.5 Å². The molecule has 17 nitrogen and oxygen atoms in total. The third-order valence-corrected chi connectivity index (χ3v) is 20.0. The number of aliphatic hydroxyl groups excluding tert-OH is 1. The molecule has 0 aromatic carbocycles. The third-order valence-electron chi connectivity index (χ3n) is 18.1. The molecule has 0 aliphatic carbocycles. The van der Waals surface area contributed by atoms with Crippen LogP contribution >= 0.6 is 15.6 Å². The maximum atomic E-state index is 13.1. The molecule has 0 spiro atoms. The lowest BCUT2D eigenvalue weighted by molar-refractivity contribution is -0.161. The number of phosphoric ester groups is 2. The van der Waals surface area contributed by atoms with Crippen molar-refractivity contribution in [1.82, 2.24) is 0 Å². The minimum absolute atomic E-state index is 0.105. The number of hydrogen-bond donors (Lipinski definition) is 3. The third kappa shape index (κ3) is 69.0. The van der Waals surface area contributed by atoms with E-state index in [0.717, 1.165) is 115 Å². The number of hydrogen-bond acceptors (Lipinski definition) is 15. The quantitative estimate of drug-likeness (QED) is 0.0222. The van der Waals surface area contributed by atoms with Gasteiger partial charge in [-0.25, -0.2) is 9.13 Å². The smallest absolute Gasteiger partial charge is 0.462 e. The van der Waals surface area contributed by atoms with E-state index in [2.05, 4.69) is 34.6 Å². The van der Waals surface area contributed by atoms with Gasteiger partial charge in [0.05, 0.1) is 26.4 Å². The molecule has 3 N–H and O–H groups in total. The first kappa shape index (κ1) is 93.1. The van der Waals surface area contributed by atoms with E-state index >= 15 is 0 Å². The van der Waals surface area contributed by atoms with Crippen molar-refractivity contribution < 1.29 is 80.2 Å². The minimum Gasteiger partial charge on any atom is -0.462 e. The minimum atomic E-state index is -4.95. The molecule has 19 heteroatoms. The first-order valence-corrected chi connectivity index (χ1v) is 42.7. The molecular formula is C76H148O17P2. The van der Waals surface area contributed by atoms with Gasteiger partial charge >= 0.3 is 39.5 Å². The summed E-state index contributed by atoms with van der Waals surface area (Å²) in [5.41, 5.74) is 0. The Balaban J connectivity index is 5.11. The highest BCUT2D eigenvalue weighted by atomic mass is 31.2. The molecule has 564 valence electrons. The molecule has 0 amide bonds. The van der Waals surface area contributed by atoms with E-state index in [4.69, 9.17) is 37.0 Å². The van der Waals surface area contributed by atoms with E-state index in [9.17, 15) is 43.2 Å². The van der Waals surface area contributed by atoms with Gasteiger partial charge in [-0.2, -0.15) is 0 Å². The topological polar surface area (TPSA) is 237 Å². The summed E-state index contributed by atoms with van der Waals surface area (Å²) in [5.74, 6) is -1.27. The Kier molecular flexibility index (Phi) is 67.7. The first-order chi connectivity index (χ1) is 46.1. The van der Waals surface area contributed by atoms with Crippen LogP contribution in [-0.4, -0.2) is 96.7 Å². The second-order valence-electron chi connectivity index (χ2n) is 27.6. The summed E-state index contributed by atoms with van der Waals surface area (Å²) < 4.78 is 68.3. The van der Waals surface area contributed by atoms with Crippen LogP contribution in [0.25, 0.3) is 0 Å². The number of unbranched alkanes of at least 4 members (excludes halogenated alkanes) is 47. The average molecular weight is 1400 g/mol. The van der Waals surface area contributed by atoms with Crippen molar-refractivity contribution in [2.75, 3.05) is 39.6 Å². The number of carbonyl (C=O) groups excluding carboxylic acids is 4. The Hall–Kier alpha value is -1.94. The molecule has 0 heterocycles. The van der Waals surface area contributed by atoms with Gasteiger partial charge in [0.25, 0.3) is 0 Å². The van der Waals surface area contributed by atoms with E-state index < -0.39 is 97.5 Å². The Morgan fingerprint density at radius 3 is 0.747 bits per heavy atom. The number of aliphatic hydroxyl groups is 1. The maximum Gasteiger partial charge on any atom is 0.472 e. The molecule has 0 radical (unpaired) electrons. The van der Waals surface area contributed by atoms with Gasteiger partial charge in [0.2, 0.25) is 0 Å². The predicted molar refractivity (Wildman–Crippen MR) is 386 cm³/mol. The fourth-order valence-electron chi connectivity index (χ4n) is 11.7. The van der Waals surface area contributed by atoms with E-state index in [0.29, 0.717) is 25.7 Å². The highest BCUT2D eigenvalue weighted by molar-refractivity contribution is 7.47. The van der Waals surface area contributed by atoms with E-state index in [1.165, 1.54) is 205 Å². The van der Waals surface area contributed by atoms with Crippen LogP contribution in [-0.2, 0) is 65.4 Å². The van der Waals surface area contributed by atoms with Crippen molar-refractivity contribution in [1.29, 1.82) is 0 Å². The van der Waals surface area contributed by atoms with Crippen LogP contribution in [0.3, 0.4) is 0 Å². The van der Waals surface area contributed by atoms with Crippen LogP contribution in [0.5, 0.6) is 0 Å². The lowest BCUT2D eigenvalue weighted by Gasteiger charge is -2.21. The molecule has 0 rings (SSSR count). The highest BCUT2D eigenvalue weighted by Crippen LogP contribution is 2.45. The van der Waals surface area contributed by atoms with Gasteiger partial charge in [0.1, 0.15) is 19.3 Å². The van der Waals surface area contributed by atoms with Crippen molar-refractivity contribution in [2.24, 2.45) is 5.92 Å². The summed E-state index contributed by atoms with van der Waals surface area (Å²) in [5, 5.41) is 10.6. The molecule has 0 aliphatic heterocycles. The molecule has 0 saturated carbocycles. The standard InChI is InChI=1S/C76H148O17P2/c1-6-10-13-16-19-21-22-23-24-25-26-27-28-29-30-31-36-39-42-47-52-57-62-76(81)93-72(66-87-74(79)60-55-50-46-41-38-35-33-32-34-37-40-44-48-53-58-69(5)9-4)68-91-95(84,85)89-64-70(77)63-88-94(82,83)90-67-71(65-86-73(78)59-54-49-43-18-15-12-8-3)92-75(80)61-56-51-45-20-17-14-11-7-2/h69-72,77H,6-68H2,1-5H3,(H,82,83)(H,84,85)/t69?,70-,71+,72+/m0/s1. The molecular weight excluding hydrogens is 1250 g/mol. The van der Waals surface area contributed by atoms with Crippen molar-refractivity contribution in [3.05, 3.63) is 0 Å². The van der Waals surface area contributed by atoms with Gasteiger partial charge in [0, 0.05) is 25.7 Å². The zero-order chi connectivity index (χ0) is 69.8. The fraction of sp³-hybridized carbons (Fsp3) is 0.947. The number of phosphoric acid groups is 2. The molecule has 0 aromatic heterocycles. The predicted octanol–water partition coefficient (Wildman–Crippen LogP) is 22.5. The van der Waals surface area contributed by atoms with Gasteiger partial charge in [-0.3, -0.25) is 37.3 Å². The SMILES string of the molecule is CCCCCCCCCCCCCCCCCCCCCCCCC(=O)O[C@H](COC(=O)CCCCCCCCCCCCCCCCC(C)CC)COP(=O)(O)OC[C@@H](O)COP(=O)(O)OC[C@@H](COC(=O)CCCCCCCCC)OC(=O)CCCCCCCCCC. The second kappa shape index (κ2) is 69.2. The summed E-state index contributed by atoms with van der Waals surface area (Å²) in [6.45, 7) is 7.27. The van der Waals surface area contributed by atoms with Gasteiger partial charge in [-0.05, 0) is 31.6 Å². The van der Waals surface area contributed by atoms with Crippen molar-refractivity contribution in [3.63, 3.8) is 0 Å². The van der Waals surface area contributed by atoms with Crippen LogP contribution in [0.4, 0.5) is 0 Å². The fourth-order valence-corrected chi connectivity index (χ4v) is 13.3. The van der Waals surface area contributed by atoms with Gasteiger partial charge in [-0.1, -0.05) is 349 Å². The Morgan fingerprint density at radius 1 is 0.295 bits per heavy atom. The second-order valence-corrected chi connectivity index (χ2v) is 30.5. The van der Waals surface area contributed by atoms with Crippen molar-refractivity contribution in [3.8, 4) is 0 Å². The Bertz CT molecular complexity index is 1820. The molecule has 0 aliphatic rings. The van der Waals surface area contributed by atoms with Crippen LogP contribution in [0.15, 0.2) is 0 Å². The lowest BCUT2D eigenvalue weighted by atomic mass is 9.99. The Labute approximate surface area is 581 Å². The van der Waals surface area contributed by atoms with E-state index in [1.807, 2.05) is 0 Å². The summed E-state index contributed by atoms with van der Waals surface area (Å²) in [7, 11) is -9.90. The first-order valence-electron chi connectivity index (χ1n) is 39.7. The summed E-state index contributed by atoms with van der Waals surface area (Å²) in [6.07, 6.45) is 58.7. The molecule has 0 bridgehead atoms. The zero-order valence-corrected chi connectivity index (χ0v) is 63.6. The summed E-state index contributed by atoms with van der Waals surface area (Å²) >= 11 is 0. The number of rotatable bonds is 76.